The summed E-state index contributed by atoms with van der Waals surface area (Å²) in [4.78, 5) is 16.0. The molecule has 5 heteroatoms. The molecule has 0 spiro atoms. The molecule has 0 aliphatic carbocycles. The first kappa shape index (κ1) is 14.0. The fraction of sp³-hybridized carbons (Fsp3) is 0.143. The summed E-state index contributed by atoms with van der Waals surface area (Å²) in [6.07, 6.45) is 1.46. The first-order chi connectivity index (χ1) is 9.06. The molecule has 1 amide bonds. The van der Waals surface area contributed by atoms with E-state index in [-0.39, 0.29) is 11.9 Å². The number of hydrogen-bond donors (Lipinski definition) is 1. The van der Waals surface area contributed by atoms with Gasteiger partial charge < -0.3 is 5.32 Å². The van der Waals surface area contributed by atoms with Gasteiger partial charge in [-0.2, -0.15) is 0 Å². The Hall–Kier alpha value is -1.39. The van der Waals surface area contributed by atoms with Gasteiger partial charge in [0.15, 0.2) is 0 Å². The van der Waals surface area contributed by atoms with Gasteiger partial charge in [-0.1, -0.05) is 39.7 Å². The van der Waals surface area contributed by atoms with Crippen molar-refractivity contribution in [3.63, 3.8) is 0 Å². The Kier molecular flexibility index (Phi) is 4.56. The molecule has 0 aliphatic rings. The van der Waals surface area contributed by atoms with Crippen molar-refractivity contribution in [1.29, 1.82) is 0 Å². The fourth-order valence-electron chi connectivity index (χ4n) is 1.64. The number of nitrogens with zero attached hydrogens (tertiary/aromatic N) is 1. The van der Waals surface area contributed by atoms with Crippen LogP contribution in [0.25, 0.3) is 0 Å². The molecule has 0 aliphatic heterocycles. The molecule has 98 valence electrons. The van der Waals surface area contributed by atoms with Crippen LogP contribution >= 0.6 is 27.5 Å². The number of carbonyl (C=O) groups is 1. The number of benzene rings is 1. The predicted molar refractivity (Wildman–Crippen MR) is 79.3 cm³/mol. The zero-order valence-corrected chi connectivity index (χ0v) is 12.6. The van der Waals surface area contributed by atoms with Crippen LogP contribution in [0.15, 0.2) is 47.1 Å². The summed E-state index contributed by atoms with van der Waals surface area (Å²) >= 11 is 9.15. The predicted octanol–water partition coefficient (Wildman–Crippen LogP) is 3.99. The second-order valence-corrected chi connectivity index (χ2v) is 5.46. The van der Waals surface area contributed by atoms with Crippen molar-refractivity contribution in [1.82, 2.24) is 10.3 Å². The zero-order chi connectivity index (χ0) is 13.8. The van der Waals surface area contributed by atoms with Crippen LogP contribution < -0.4 is 5.32 Å². The highest BCUT2D eigenvalue weighted by molar-refractivity contribution is 9.10. The van der Waals surface area contributed by atoms with Gasteiger partial charge in [0, 0.05) is 10.7 Å². The number of pyridine rings is 1. The molecular weight excluding hydrogens is 328 g/mol. The lowest BCUT2D eigenvalue weighted by atomic mass is 10.1. The number of rotatable bonds is 3. The molecule has 2 rings (SSSR count). The minimum atomic E-state index is -0.218. The van der Waals surface area contributed by atoms with Crippen molar-refractivity contribution in [3.8, 4) is 0 Å². The van der Waals surface area contributed by atoms with Crippen LogP contribution in [0.3, 0.4) is 0 Å². The summed E-state index contributed by atoms with van der Waals surface area (Å²) in [5.74, 6) is -0.218. The number of amides is 1. The van der Waals surface area contributed by atoms with Crippen molar-refractivity contribution < 1.29 is 4.79 Å². The van der Waals surface area contributed by atoms with Crippen LogP contribution in [0.1, 0.15) is 29.0 Å². The second-order valence-electron chi connectivity index (χ2n) is 4.11. The van der Waals surface area contributed by atoms with E-state index in [9.17, 15) is 4.79 Å². The van der Waals surface area contributed by atoms with E-state index in [4.69, 9.17) is 11.6 Å². The molecule has 0 saturated heterocycles. The van der Waals surface area contributed by atoms with Gasteiger partial charge in [0.25, 0.3) is 5.91 Å². The van der Waals surface area contributed by atoms with Crippen LogP contribution in [-0.4, -0.2) is 10.9 Å². The number of hydrogen-bond acceptors (Lipinski definition) is 2. The maximum atomic E-state index is 12.0. The Morgan fingerprint density at radius 2 is 2.16 bits per heavy atom. The standard InChI is InChI=1S/C14H12BrClN2O/c1-9(10-3-2-4-11(15)7-10)18-14(19)13-6-5-12(16)8-17-13/h2-9H,1H3,(H,18,19). The molecule has 1 aromatic carbocycles. The van der Waals surface area contributed by atoms with Gasteiger partial charge in [0.1, 0.15) is 5.69 Å². The Bertz CT molecular complexity index is 586. The third kappa shape index (κ3) is 3.78. The summed E-state index contributed by atoms with van der Waals surface area (Å²) < 4.78 is 0.982. The van der Waals surface area contributed by atoms with Gasteiger partial charge in [0.2, 0.25) is 0 Å². The van der Waals surface area contributed by atoms with Gasteiger partial charge in [-0.3, -0.25) is 4.79 Å². The normalized spacial score (nSPS) is 11.9. The van der Waals surface area contributed by atoms with E-state index >= 15 is 0 Å². The van der Waals surface area contributed by atoms with Crippen LogP contribution in [0, 0.1) is 0 Å². The van der Waals surface area contributed by atoms with E-state index in [1.54, 1.807) is 12.1 Å². The third-order valence-electron chi connectivity index (χ3n) is 2.66. The maximum absolute atomic E-state index is 12.0. The molecule has 0 radical (unpaired) electrons. The molecule has 1 unspecified atom stereocenters. The first-order valence-electron chi connectivity index (χ1n) is 5.74. The first-order valence-corrected chi connectivity index (χ1v) is 6.91. The summed E-state index contributed by atoms with van der Waals surface area (Å²) in [7, 11) is 0. The zero-order valence-electron chi connectivity index (χ0n) is 10.2. The van der Waals surface area contributed by atoms with Gasteiger partial charge in [-0.25, -0.2) is 4.98 Å². The van der Waals surface area contributed by atoms with Gasteiger partial charge in [-0.05, 0) is 36.8 Å². The minimum absolute atomic E-state index is 0.0949. The SMILES string of the molecule is CC(NC(=O)c1ccc(Cl)cn1)c1cccc(Br)c1. The second kappa shape index (κ2) is 6.17. The van der Waals surface area contributed by atoms with Crippen molar-refractivity contribution >= 4 is 33.4 Å². The largest absolute Gasteiger partial charge is 0.344 e. The van der Waals surface area contributed by atoms with E-state index in [1.165, 1.54) is 6.20 Å². The Balaban J connectivity index is 2.08. The third-order valence-corrected chi connectivity index (χ3v) is 3.37. The van der Waals surface area contributed by atoms with Gasteiger partial charge in [0.05, 0.1) is 11.1 Å². The minimum Gasteiger partial charge on any atom is -0.344 e. The average molecular weight is 340 g/mol. The van der Waals surface area contributed by atoms with Gasteiger partial charge in [-0.15, -0.1) is 0 Å². The quantitative estimate of drug-likeness (QED) is 0.918. The Labute approximate surface area is 125 Å². The van der Waals surface area contributed by atoms with Crippen LogP contribution in [0.5, 0.6) is 0 Å². The van der Waals surface area contributed by atoms with E-state index in [1.807, 2.05) is 31.2 Å². The summed E-state index contributed by atoms with van der Waals surface area (Å²) in [6, 6.07) is 11.0. The summed E-state index contributed by atoms with van der Waals surface area (Å²) in [6.45, 7) is 1.93. The molecule has 3 nitrogen and oxygen atoms in total. The number of nitrogens with one attached hydrogen (secondary N) is 1. The molecule has 1 atom stereocenters. The molecule has 1 heterocycles. The fourth-order valence-corrected chi connectivity index (χ4v) is 2.17. The van der Waals surface area contributed by atoms with E-state index in [2.05, 4.69) is 26.2 Å². The highest BCUT2D eigenvalue weighted by Gasteiger charge is 2.12. The number of halogens is 2. The number of aromatic nitrogens is 1. The Morgan fingerprint density at radius 1 is 1.37 bits per heavy atom. The molecule has 1 N–H and O–H groups in total. The lowest BCUT2D eigenvalue weighted by Gasteiger charge is -2.14. The van der Waals surface area contributed by atoms with Crippen LogP contribution in [0.4, 0.5) is 0 Å². The summed E-state index contributed by atoms with van der Waals surface area (Å²) in [5, 5.41) is 3.40. The smallest absolute Gasteiger partial charge is 0.270 e. The maximum Gasteiger partial charge on any atom is 0.270 e. The highest BCUT2D eigenvalue weighted by Crippen LogP contribution is 2.18. The molecule has 19 heavy (non-hydrogen) atoms. The average Bonchev–Trinajstić information content (AvgIpc) is 2.39. The molecule has 0 fully saturated rings. The van der Waals surface area contributed by atoms with E-state index in [0.717, 1.165) is 10.0 Å². The van der Waals surface area contributed by atoms with E-state index < -0.39 is 0 Å². The van der Waals surface area contributed by atoms with Crippen molar-refractivity contribution in [2.75, 3.05) is 0 Å². The Morgan fingerprint density at radius 3 is 2.79 bits per heavy atom. The van der Waals surface area contributed by atoms with Crippen molar-refractivity contribution in [3.05, 3.63) is 63.3 Å². The van der Waals surface area contributed by atoms with Crippen molar-refractivity contribution in [2.45, 2.75) is 13.0 Å². The summed E-state index contributed by atoms with van der Waals surface area (Å²) in [5.41, 5.74) is 1.38. The molecule has 1 aromatic heterocycles. The molecule has 0 bridgehead atoms. The van der Waals surface area contributed by atoms with Crippen LogP contribution in [0.2, 0.25) is 5.02 Å². The lowest BCUT2D eigenvalue weighted by molar-refractivity contribution is 0.0935. The monoisotopic (exact) mass is 338 g/mol. The topological polar surface area (TPSA) is 42.0 Å². The lowest BCUT2D eigenvalue weighted by Crippen LogP contribution is -2.27. The van der Waals surface area contributed by atoms with Crippen LogP contribution in [-0.2, 0) is 0 Å². The molecule has 0 saturated carbocycles. The molecule has 2 aromatic rings. The van der Waals surface area contributed by atoms with Gasteiger partial charge >= 0.3 is 0 Å². The van der Waals surface area contributed by atoms with E-state index in [0.29, 0.717) is 10.7 Å². The molecular formula is C14H12BrClN2O. The number of carbonyl (C=O) groups excluding carboxylic acids is 1. The van der Waals surface area contributed by atoms with Crippen molar-refractivity contribution in [2.24, 2.45) is 0 Å². The highest BCUT2D eigenvalue weighted by atomic mass is 79.9.